The molecule has 0 aromatic heterocycles. The SMILES string of the molecule is CC1CCC(=O)NC1=O.O=C1CCc2cc(CNC(=O)C(F)(F)C3CCCC3)ccc21. The summed E-state index contributed by atoms with van der Waals surface area (Å²) in [5.41, 5.74) is 2.41. The average Bonchev–Trinajstić information content (AvgIpc) is 3.40. The minimum Gasteiger partial charge on any atom is -0.347 e. The number of benzene rings is 1. The van der Waals surface area contributed by atoms with Gasteiger partial charge in [-0.2, -0.15) is 8.78 Å². The van der Waals surface area contributed by atoms with Crippen molar-refractivity contribution in [1.82, 2.24) is 10.6 Å². The van der Waals surface area contributed by atoms with E-state index in [4.69, 9.17) is 0 Å². The zero-order valence-corrected chi connectivity index (χ0v) is 17.6. The van der Waals surface area contributed by atoms with Crippen LogP contribution in [0.3, 0.4) is 0 Å². The van der Waals surface area contributed by atoms with Gasteiger partial charge >= 0.3 is 5.92 Å². The monoisotopic (exact) mass is 434 g/mol. The summed E-state index contributed by atoms with van der Waals surface area (Å²) in [6, 6.07) is 5.27. The average molecular weight is 434 g/mol. The van der Waals surface area contributed by atoms with Gasteiger partial charge in [0.05, 0.1) is 0 Å². The van der Waals surface area contributed by atoms with Gasteiger partial charge in [0.15, 0.2) is 5.78 Å². The molecule has 2 N–H and O–H groups in total. The Morgan fingerprint density at radius 3 is 2.45 bits per heavy atom. The number of ketones is 1. The minimum atomic E-state index is -3.29. The number of alkyl halides is 2. The van der Waals surface area contributed by atoms with Crippen LogP contribution in [0.5, 0.6) is 0 Å². The number of amides is 3. The molecule has 1 aromatic rings. The second-order valence-corrected chi connectivity index (χ2v) is 8.55. The van der Waals surface area contributed by atoms with Crippen molar-refractivity contribution in [1.29, 1.82) is 0 Å². The first-order chi connectivity index (χ1) is 14.7. The van der Waals surface area contributed by atoms with Crippen molar-refractivity contribution >= 4 is 23.5 Å². The van der Waals surface area contributed by atoms with Crippen LogP contribution < -0.4 is 10.6 Å². The summed E-state index contributed by atoms with van der Waals surface area (Å²) in [4.78, 5) is 44.5. The van der Waals surface area contributed by atoms with Gasteiger partial charge in [-0.05, 0) is 36.8 Å². The van der Waals surface area contributed by atoms with Crippen molar-refractivity contribution in [2.24, 2.45) is 11.8 Å². The third-order valence-electron chi connectivity index (χ3n) is 6.23. The van der Waals surface area contributed by atoms with E-state index in [0.29, 0.717) is 44.1 Å². The van der Waals surface area contributed by atoms with Crippen molar-refractivity contribution in [3.8, 4) is 0 Å². The van der Waals surface area contributed by atoms with E-state index in [0.717, 1.165) is 24.0 Å². The topological polar surface area (TPSA) is 92.3 Å². The first-order valence-corrected chi connectivity index (χ1v) is 10.8. The number of carbonyl (C=O) groups is 4. The molecule has 1 unspecified atom stereocenters. The molecule has 0 radical (unpaired) electrons. The van der Waals surface area contributed by atoms with Gasteiger partial charge in [0, 0.05) is 36.8 Å². The van der Waals surface area contributed by atoms with Crippen molar-refractivity contribution < 1.29 is 28.0 Å². The van der Waals surface area contributed by atoms with E-state index in [-0.39, 0.29) is 30.1 Å². The molecule has 4 rings (SSSR count). The van der Waals surface area contributed by atoms with Gasteiger partial charge in [-0.1, -0.05) is 38.0 Å². The molecule has 1 atom stereocenters. The van der Waals surface area contributed by atoms with Gasteiger partial charge in [0.2, 0.25) is 11.8 Å². The number of fused-ring (bicyclic) bond motifs is 1. The number of nitrogens with one attached hydrogen (secondary N) is 2. The number of Topliss-reactive ketones (excluding diaryl/α,β-unsaturated/α-hetero) is 1. The zero-order chi connectivity index (χ0) is 22.6. The molecule has 31 heavy (non-hydrogen) atoms. The van der Waals surface area contributed by atoms with Crippen molar-refractivity contribution in [2.45, 2.75) is 70.8 Å². The van der Waals surface area contributed by atoms with Crippen LogP contribution in [0.1, 0.15) is 73.4 Å². The molecule has 1 heterocycles. The molecule has 0 bridgehead atoms. The number of imide groups is 1. The molecule has 1 saturated heterocycles. The number of carbonyl (C=O) groups excluding carboxylic acids is 4. The third-order valence-corrected chi connectivity index (χ3v) is 6.23. The molecule has 0 spiro atoms. The van der Waals surface area contributed by atoms with Crippen LogP contribution >= 0.6 is 0 Å². The molecule has 168 valence electrons. The van der Waals surface area contributed by atoms with Crippen molar-refractivity contribution in [3.05, 3.63) is 34.9 Å². The molecule has 3 amide bonds. The standard InChI is InChI=1S/C17H19F2NO2.C6H9NO2/c18-17(19,13-3-1-2-4-13)16(22)20-10-11-5-7-14-12(9-11)6-8-15(14)21;1-4-2-3-5(8)7-6(4)9/h5,7,9,13H,1-4,6,8,10H2,(H,20,22);4H,2-3H2,1H3,(H,7,8,9). The van der Waals surface area contributed by atoms with Crippen molar-refractivity contribution in [3.63, 3.8) is 0 Å². The third kappa shape index (κ3) is 5.54. The summed E-state index contributed by atoms with van der Waals surface area (Å²) in [5.74, 6) is -5.44. The first kappa shape index (κ1) is 23.0. The van der Waals surface area contributed by atoms with Crippen LogP contribution in [-0.4, -0.2) is 29.4 Å². The second kappa shape index (κ2) is 9.66. The highest BCUT2D eigenvalue weighted by atomic mass is 19.3. The fraction of sp³-hybridized carbons (Fsp3) is 0.565. The summed E-state index contributed by atoms with van der Waals surface area (Å²) in [6.07, 6.45) is 4.76. The normalized spacial score (nSPS) is 21.3. The predicted octanol–water partition coefficient (Wildman–Crippen LogP) is 3.32. The Morgan fingerprint density at radius 2 is 1.81 bits per heavy atom. The highest BCUT2D eigenvalue weighted by molar-refractivity contribution is 6.00. The van der Waals surface area contributed by atoms with E-state index in [1.54, 1.807) is 12.1 Å². The molecule has 2 aliphatic carbocycles. The molecule has 2 fully saturated rings. The van der Waals surface area contributed by atoms with E-state index >= 15 is 0 Å². The lowest BCUT2D eigenvalue weighted by atomic mass is 9.99. The molecule has 6 nitrogen and oxygen atoms in total. The Labute approximate surface area is 180 Å². The van der Waals surface area contributed by atoms with Crippen LogP contribution in [0.2, 0.25) is 0 Å². The lowest BCUT2D eigenvalue weighted by molar-refractivity contribution is -0.153. The number of rotatable bonds is 4. The van der Waals surface area contributed by atoms with E-state index in [1.807, 2.05) is 13.0 Å². The highest BCUT2D eigenvalue weighted by Gasteiger charge is 2.47. The van der Waals surface area contributed by atoms with Crippen LogP contribution in [-0.2, 0) is 27.3 Å². The van der Waals surface area contributed by atoms with Gasteiger partial charge in [-0.15, -0.1) is 0 Å². The maximum atomic E-state index is 14.0. The van der Waals surface area contributed by atoms with Crippen LogP contribution in [0.15, 0.2) is 18.2 Å². The second-order valence-electron chi connectivity index (χ2n) is 8.55. The Balaban J connectivity index is 0.000000254. The van der Waals surface area contributed by atoms with E-state index in [9.17, 15) is 28.0 Å². The zero-order valence-electron chi connectivity index (χ0n) is 17.6. The lowest BCUT2D eigenvalue weighted by Gasteiger charge is -2.22. The van der Waals surface area contributed by atoms with Gasteiger partial charge in [0.25, 0.3) is 5.91 Å². The molecule has 8 heteroatoms. The maximum absolute atomic E-state index is 14.0. The fourth-order valence-electron chi connectivity index (χ4n) is 4.19. The summed E-state index contributed by atoms with van der Waals surface area (Å²) in [6.45, 7) is 1.89. The Hall–Kier alpha value is -2.64. The molecule has 1 aromatic carbocycles. The predicted molar refractivity (Wildman–Crippen MR) is 109 cm³/mol. The number of aryl methyl sites for hydroxylation is 1. The van der Waals surface area contributed by atoms with Gasteiger partial charge in [-0.25, -0.2) is 0 Å². The van der Waals surface area contributed by atoms with Crippen molar-refractivity contribution in [2.75, 3.05) is 0 Å². The summed E-state index contributed by atoms with van der Waals surface area (Å²) >= 11 is 0. The molecule has 1 saturated carbocycles. The first-order valence-electron chi connectivity index (χ1n) is 10.8. The lowest BCUT2D eigenvalue weighted by Crippen LogP contribution is -2.44. The largest absolute Gasteiger partial charge is 0.347 e. The van der Waals surface area contributed by atoms with E-state index in [1.165, 1.54) is 0 Å². The molecular formula is C23H28F2N2O4. The smallest absolute Gasteiger partial charge is 0.327 e. The molecule has 1 aliphatic heterocycles. The quantitative estimate of drug-likeness (QED) is 0.711. The number of piperidine rings is 1. The summed E-state index contributed by atoms with van der Waals surface area (Å²) in [5, 5.41) is 4.60. The summed E-state index contributed by atoms with van der Waals surface area (Å²) < 4.78 is 28.1. The van der Waals surface area contributed by atoms with Gasteiger partial charge in [-0.3, -0.25) is 24.5 Å². The summed E-state index contributed by atoms with van der Waals surface area (Å²) in [7, 11) is 0. The van der Waals surface area contributed by atoms with Crippen LogP contribution in [0.25, 0.3) is 0 Å². The van der Waals surface area contributed by atoms with Gasteiger partial charge < -0.3 is 5.32 Å². The van der Waals surface area contributed by atoms with Gasteiger partial charge in [0.1, 0.15) is 0 Å². The highest BCUT2D eigenvalue weighted by Crippen LogP contribution is 2.38. The fourth-order valence-corrected chi connectivity index (χ4v) is 4.19. The van der Waals surface area contributed by atoms with Crippen LogP contribution in [0, 0.1) is 11.8 Å². The number of hydrogen-bond acceptors (Lipinski definition) is 4. The van der Waals surface area contributed by atoms with E-state index < -0.39 is 17.7 Å². The Morgan fingerprint density at radius 1 is 1.10 bits per heavy atom. The molecule has 3 aliphatic rings. The molecular weight excluding hydrogens is 406 g/mol. The van der Waals surface area contributed by atoms with E-state index in [2.05, 4.69) is 10.6 Å². The number of hydrogen-bond donors (Lipinski definition) is 2. The Bertz CT molecular complexity index is 878. The maximum Gasteiger partial charge on any atom is 0.327 e. The number of halogens is 2. The van der Waals surface area contributed by atoms with Crippen LogP contribution in [0.4, 0.5) is 8.78 Å². The minimum absolute atomic E-state index is 0.0164. The Kier molecular flexibility index (Phi) is 7.18.